The molecule has 2 aromatic rings. The molecule has 1 aliphatic carbocycles. The van der Waals surface area contributed by atoms with E-state index in [4.69, 9.17) is 0 Å². The molecule has 1 amide bonds. The zero-order chi connectivity index (χ0) is 18.2. The molecule has 0 radical (unpaired) electrons. The molecule has 1 N–H and O–H groups in total. The standard InChI is InChI=1S/C18H21N3O3S/c1-18(2,3)12-7-8-14-15(10-12)25-17(19-14)20-16(22)11-5-4-6-13(9-11)21(23)24/h4-6,9,12H,7-8,10H2,1-3H3,(H,19,20,22). The van der Waals surface area contributed by atoms with Crippen molar-refractivity contribution in [2.24, 2.45) is 11.3 Å². The minimum atomic E-state index is -0.508. The number of carbonyl (C=O) groups excluding carboxylic acids is 1. The second-order valence-corrected chi connectivity index (χ2v) is 8.54. The van der Waals surface area contributed by atoms with Gasteiger partial charge in [-0.05, 0) is 36.7 Å². The number of nitrogens with zero attached hydrogens (tertiary/aromatic N) is 2. The van der Waals surface area contributed by atoms with Crippen molar-refractivity contribution >= 4 is 28.1 Å². The number of non-ortho nitro benzene ring substituents is 1. The monoisotopic (exact) mass is 359 g/mol. The lowest BCUT2D eigenvalue weighted by Crippen LogP contribution is -2.26. The van der Waals surface area contributed by atoms with E-state index in [0.717, 1.165) is 25.0 Å². The van der Waals surface area contributed by atoms with Gasteiger partial charge in [-0.15, -0.1) is 11.3 Å². The van der Waals surface area contributed by atoms with Gasteiger partial charge in [-0.2, -0.15) is 0 Å². The summed E-state index contributed by atoms with van der Waals surface area (Å²) in [6.07, 6.45) is 3.03. The Morgan fingerprint density at radius 1 is 1.40 bits per heavy atom. The van der Waals surface area contributed by atoms with Gasteiger partial charge in [-0.25, -0.2) is 4.98 Å². The SMILES string of the molecule is CC(C)(C)C1CCc2nc(NC(=O)c3cccc([N+](=O)[O-])c3)sc2C1. The normalized spacial score (nSPS) is 17.0. The fourth-order valence-electron chi connectivity index (χ4n) is 3.10. The van der Waals surface area contributed by atoms with Crippen LogP contribution >= 0.6 is 11.3 Å². The average Bonchev–Trinajstić information content (AvgIpc) is 2.95. The van der Waals surface area contributed by atoms with Crippen LogP contribution in [0.2, 0.25) is 0 Å². The molecule has 1 aliphatic rings. The Morgan fingerprint density at radius 3 is 2.84 bits per heavy atom. The summed E-state index contributed by atoms with van der Waals surface area (Å²) in [6.45, 7) is 6.78. The number of nitro groups is 1. The number of aryl methyl sites for hydroxylation is 1. The van der Waals surface area contributed by atoms with Crippen molar-refractivity contribution in [1.29, 1.82) is 0 Å². The Kier molecular flexibility index (Phi) is 4.60. The molecule has 0 fully saturated rings. The quantitative estimate of drug-likeness (QED) is 0.648. The van der Waals surface area contributed by atoms with E-state index in [1.807, 2.05) is 0 Å². The maximum atomic E-state index is 12.4. The average molecular weight is 359 g/mol. The van der Waals surface area contributed by atoms with E-state index in [1.165, 1.54) is 34.4 Å². The molecule has 1 atom stereocenters. The van der Waals surface area contributed by atoms with Crippen molar-refractivity contribution in [3.63, 3.8) is 0 Å². The summed E-state index contributed by atoms with van der Waals surface area (Å²) in [7, 11) is 0. The second kappa shape index (κ2) is 6.55. The first-order valence-electron chi connectivity index (χ1n) is 8.28. The number of carbonyl (C=O) groups is 1. The van der Waals surface area contributed by atoms with E-state index < -0.39 is 4.92 Å². The maximum Gasteiger partial charge on any atom is 0.270 e. The van der Waals surface area contributed by atoms with Crippen LogP contribution in [0.15, 0.2) is 24.3 Å². The van der Waals surface area contributed by atoms with E-state index in [0.29, 0.717) is 11.0 Å². The predicted octanol–water partition coefficient (Wildman–Crippen LogP) is 4.45. The largest absolute Gasteiger partial charge is 0.298 e. The van der Waals surface area contributed by atoms with Gasteiger partial charge in [0, 0.05) is 22.6 Å². The van der Waals surface area contributed by atoms with Gasteiger partial charge in [0.15, 0.2) is 5.13 Å². The van der Waals surface area contributed by atoms with Crippen molar-refractivity contribution < 1.29 is 9.72 Å². The number of benzene rings is 1. The fourth-order valence-corrected chi connectivity index (χ4v) is 4.18. The summed E-state index contributed by atoms with van der Waals surface area (Å²) >= 11 is 1.51. The lowest BCUT2D eigenvalue weighted by molar-refractivity contribution is -0.384. The summed E-state index contributed by atoms with van der Waals surface area (Å²) in [4.78, 5) is 28.5. The summed E-state index contributed by atoms with van der Waals surface area (Å²) in [5.41, 5.74) is 1.49. The first-order chi connectivity index (χ1) is 11.7. The van der Waals surface area contributed by atoms with E-state index >= 15 is 0 Å². The van der Waals surface area contributed by atoms with E-state index in [9.17, 15) is 14.9 Å². The summed E-state index contributed by atoms with van der Waals surface area (Å²) in [6, 6.07) is 5.71. The molecule has 0 saturated carbocycles. The molecule has 6 nitrogen and oxygen atoms in total. The summed E-state index contributed by atoms with van der Waals surface area (Å²) in [5, 5.41) is 14.2. The summed E-state index contributed by atoms with van der Waals surface area (Å²) < 4.78 is 0. The number of nitro benzene ring substituents is 1. The van der Waals surface area contributed by atoms with Crippen molar-refractivity contribution in [3.05, 3.63) is 50.5 Å². The first kappa shape index (κ1) is 17.5. The van der Waals surface area contributed by atoms with E-state index in [2.05, 4.69) is 31.1 Å². The van der Waals surface area contributed by atoms with Crippen LogP contribution < -0.4 is 5.32 Å². The molecule has 7 heteroatoms. The van der Waals surface area contributed by atoms with Crippen LogP contribution in [-0.2, 0) is 12.8 Å². The number of aromatic nitrogens is 1. The van der Waals surface area contributed by atoms with Gasteiger partial charge in [0.05, 0.1) is 10.6 Å². The Morgan fingerprint density at radius 2 is 2.16 bits per heavy atom. The molecule has 0 aliphatic heterocycles. The third kappa shape index (κ3) is 3.87. The number of thiazole rings is 1. The highest BCUT2D eigenvalue weighted by Gasteiger charge is 2.30. The number of hydrogen-bond acceptors (Lipinski definition) is 5. The van der Waals surface area contributed by atoms with Gasteiger partial charge in [-0.3, -0.25) is 20.2 Å². The number of nitrogens with one attached hydrogen (secondary N) is 1. The van der Waals surface area contributed by atoms with Crippen molar-refractivity contribution in [2.45, 2.75) is 40.0 Å². The van der Waals surface area contributed by atoms with Crippen LogP contribution in [0.25, 0.3) is 0 Å². The molecular formula is C18H21N3O3S. The minimum absolute atomic E-state index is 0.0981. The highest BCUT2D eigenvalue weighted by Crippen LogP contribution is 2.40. The van der Waals surface area contributed by atoms with Crippen LogP contribution in [0.3, 0.4) is 0 Å². The van der Waals surface area contributed by atoms with E-state index in [1.54, 1.807) is 6.07 Å². The molecule has 25 heavy (non-hydrogen) atoms. The molecule has 0 bridgehead atoms. The van der Waals surface area contributed by atoms with Crippen molar-refractivity contribution in [3.8, 4) is 0 Å². The molecule has 1 aromatic heterocycles. The fraction of sp³-hybridized carbons (Fsp3) is 0.444. The molecule has 3 rings (SSSR count). The van der Waals surface area contributed by atoms with Gasteiger partial charge in [0.25, 0.3) is 11.6 Å². The molecule has 1 aromatic carbocycles. The summed E-state index contributed by atoms with van der Waals surface area (Å²) in [5.74, 6) is 0.239. The Bertz CT molecular complexity index is 823. The van der Waals surface area contributed by atoms with Gasteiger partial charge in [-0.1, -0.05) is 26.8 Å². The highest BCUT2D eigenvalue weighted by atomic mass is 32.1. The lowest BCUT2D eigenvalue weighted by Gasteiger charge is -2.33. The van der Waals surface area contributed by atoms with Crippen LogP contribution in [0.5, 0.6) is 0 Å². The molecule has 0 spiro atoms. The first-order valence-corrected chi connectivity index (χ1v) is 9.10. The third-order valence-electron chi connectivity index (χ3n) is 4.70. The van der Waals surface area contributed by atoms with Gasteiger partial charge in [0.2, 0.25) is 0 Å². The number of rotatable bonds is 3. The number of fused-ring (bicyclic) bond motifs is 1. The van der Waals surface area contributed by atoms with Crippen LogP contribution in [-0.4, -0.2) is 15.8 Å². The van der Waals surface area contributed by atoms with Crippen molar-refractivity contribution in [1.82, 2.24) is 4.98 Å². The lowest BCUT2D eigenvalue weighted by atomic mass is 9.73. The Hall–Kier alpha value is -2.28. The predicted molar refractivity (Wildman–Crippen MR) is 98.1 cm³/mol. The molecular weight excluding hydrogens is 338 g/mol. The third-order valence-corrected chi connectivity index (χ3v) is 5.74. The molecule has 1 heterocycles. The highest BCUT2D eigenvalue weighted by molar-refractivity contribution is 7.15. The van der Waals surface area contributed by atoms with Crippen LogP contribution in [0.1, 0.15) is 48.1 Å². The number of amides is 1. The topological polar surface area (TPSA) is 85.1 Å². The second-order valence-electron chi connectivity index (χ2n) is 7.46. The molecule has 1 unspecified atom stereocenters. The number of hydrogen-bond donors (Lipinski definition) is 1. The zero-order valence-electron chi connectivity index (χ0n) is 14.5. The maximum absolute atomic E-state index is 12.4. The van der Waals surface area contributed by atoms with Gasteiger partial charge in [0.1, 0.15) is 0 Å². The smallest absolute Gasteiger partial charge is 0.270 e. The minimum Gasteiger partial charge on any atom is -0.298 e. The molecule has 0 saturated heterocycles. The van der Waals surface area contributed by atoms with E-state index in [-0.39, 0.29) is 22.6 Å². The molecule has 132 valence electrons. The Labute approximate surface area is 150 Å². The van der Waals surface area contributed by atoms with Crippen molar-refractivity contribution in [2.75, 3.05) is 5.32 Å². The van der Waals surface area contributed by atoms with Gasteiger partial charge < -0.3 is 0 Å². The van der Waals surface area contributed by atoms with Crippen LogP contribution in [0, 0.1) is 21.4 Å². The Balaban J connectivity index is 1.75. The van der Waals surface area contributed by atoms with Crippen LogP contribution in [0.4, 0.5) is 10.8 Å². The zero-order valence-corrected chi connectivity index (χ0v) is 15.4. The van der Waals surface area contributed by atoms with Gasteiger partial charge >= 0.3 is 0 Å². The number of anilines is 1.